The summed E-state index contributed by atoms with van der Waals surface area (Å²) in [6, 6.07) is 0. The van der Waals surface area contributed by atoms with Crippen LogP contribution in [0.5, 0.6) is 0 Å². The van der Waals surface area contributed by atoms with E-state index in [0.29, 0.717) is 5.92 Å². The zero-order valence-electron chi connectivity index (χ0n) is 6.79. The van der Waals surface area contributed by atoms with Crippen molar-refractivity contribution in [3.8, 4) is 0 Å². The average Bonchev–Trinajstić information content (AvgIpc) is 2.27. The van der Waals surface area contributed by atoms with Crippen LogP contribution >= 0.6 is 0 Å². The molecular formula is C9H11NO. The van der Waals surface area contributed by atoms with E-state index in [0.717, 1.165) is 23.1 Å². The van der Waals surface area contributed by atoms with Gasteiger partial charge in [-0.15, -0.1) is 0 Å². The van der Waals surface area contributed by atoms with Gasteiger partial charge in [0.25, 0.3) is 0 Å². The maximum absolute atomic E-state index is 5.36. The molecule has 0 N–H and O–H groups in total. The number of hydrogen-bond donors (Lipinski definition) is 0. The topological polar surface area (TPSA) is 26.0 Å². The van der Waals surface area contributed by atoms with Crippen molar-refractivity contribution in [2.24, 2.45) is 5.92 Å². The maximum Gasteiger partial charge on any atom is 0.192 e. The van der Waals surface area contributed by atoms with Crippen LogP contribution in [0, 0.1) is 12.8 Å². The van der Waals surface area contributed by atoms with E-state index < -0.39 is 0 Å². The summed E-state index contributed by atoms with van der Waals surface area (Å²) in [6.45, 7) is 4.06. The predicted octanol–water partition coefficient (Wildman–Crippen LogP) is 0.584. The van der Waals surface area contributed by atoms with E-state index in [1.54, 1.807) is 0 Å². The van der Waals surface area contributed by atoms with E-state index in [4.69, 9.17) is 4.42 Å². The van der Waals surface area contributed by atoms with Gasteiger partial charge in [0.1, 0.15) is 5.35 Å². The van der Waals surface area contributed by atoms with E-state index in [9.17, 15) is 0 Å². The molecule has 0 amide bonds. The fraction of sp³-hybridized carbons (Fsp3) is 0.444. The molecule has 0 radical (unpaired) electrons. The van der Waals surface area contributed by atoms with Crippen molar-refractivity contribution in [2.75, 3.05) is 0 Å². The summed E-state index contributed by atoms with van der Waals surface area (Å²) in [5.74, 6) is 1.36. The highest BCUT2D eigenvalue weighted by Gasteiger charge is 2.04. The summed E-state index contributed by atoms with van der Waals surface area (Å²) in [6.07, 6.45) is 5.34. The van der Waals surface area contributed by atoms with Gasteiger partial charge in [-0.2, -0.15) is 0 Å². The Labute approximate surface area is 65.2 Å². The molecule has 11 heavy (non-hydrogen) atoms. The highest BCUT2D eigenvalue weighted by molar-refractivity contribution is 5.34. The van der Waals surface area contributed by atoms with Crippen molar-refractivity contribution >= 4 is 12.2 Å². The normalized spacial score (nSPS) is 21.8. The zero-order valence-corrected chi connectivity index (χ0v) is 6.79. The Kier molecular flexibility index (Phi) is 1.34. The van der Waals surface area contributed by atoms with Crippen LogP contribution < -0.4 is 10.8 Å². The number of oxazole rings is 1. The van der Waals surface area contributed by atoms with Crippen LogP contribution in [0.25, 0.3) is 12.2 Å². The summed E-state index contributed by atoms with van der Waals surface area (Å²) in [4.78, 5) is 4.25. The standard InChI is InChI=1S/C9H11NO/c1-6-3-4-9-8(5-6)10-7(2)11-9/h4-6H,3H2,1-2H3. The summed E-state index contributed by atoms with van der Waals surface area (Å²) in [5, 5.41) is 1.02. The van der Waals surface area contributed by atoms with Gasteiger partial charge < -0.3 is 4.42 Å². The lowest BCUT2D eigenvalue weighted by molar-refractivity contribution is 0.488. The number of rotatable bonds is 0. The second-order valence-corrected chi connectivity index (χ2v) is 3.07. The summed E-state index contributed by atoms with van der Waals surface area (Å²) in [7, 11) is 0. The highest BCUT2D eigenvalue weighted by atomic mass is 16.3. The third-order valence-corrected chi connectivity index (χ3v) is 1.91. The number of fused-ring (bicyclic) bond motifs is 1. The molecule has 1 heterocycles. The Morgan fingerprint density at radius 1 is 1.64 bits per heavy atom. The molecule has 0 fully saturated rings. The highest BCUT2D eigenvalue weighted by Crippen LogP contribution is 2.05. The smallest absolute Gasteiger partial charge is 0.192 e. The lowest BCUT2D eigenvalue weighted by Gasteiger charge is -2.01. The molecule has 2 nitrogen and oxygen atoms in total. The van der Waals surface area contributed by atoms with Gasteiger partial charge in [-0.05, 0) is 18.4 Å². The largest absolute Gasteiger partial charge is 0.441 e. The van der Waals surface area contributed by atoms with E-state index in [-0.39, 0.29) is 0 Å². The third kappa shape index (κ3) is 1.09. The average molecular weight is 149 g/mol. The number of hydrogen-bond acceptors (Lipinski definition) is 2. The number of aryl methyl sites for hydroxylation is 1. The quantitative estimate of drug-likeness (QED) is 0.539. The third-order valence-electron chi connectivity index (χ3n) is 1.91. The molecule has 1 aromatic heterocycles. The Morgan fingerprint density at radius 3 is 3.27 bits per heavy atom. The molecule has 0 spiro atoms. The SMILES string of the molecule is Cc1nc2c(o1)=CCC(C)C=2. The predicted molar refractivity (Wildman–Crippen MR) is 43.2 cm³/mol. The van der Waals surface area contributed by atoms with Crippen LogP contribution in [-0.4, -0.2) is 4.98 Å². The first-order valence-electron chi connectivity index (χ1n) is 3.91. The molecule has 0 aromatic carbocycles. The summed E-state index contributed by atoms with van der Waals surface area (Å²) >= 11 is 0. The first-order chi connectivity index (χ1) is 5.25. The second kappa shape index (κ2) is 2.22. The van der Waals surface area contributed by atoms with E-state index >= 15 is 0 Å². The van der Waals surface area contributed by atoms with Crippen LogP contribution in [0.1, 0.15) is 19.2 Å². The molecule has 1 unspecified atom stereocenters. The van der Waals surface area contributed by atoms with Crippen LogP contribution in [0.15, 0.2) is 4.42 Å². The minimum atomic E-state index is 0.604. The van der Waals surface area contributed by atoms with Crippen molar-refractivity contribution in [1.29, 1.82) is 0 Å². The van der Waals surface area contributed by atoms with Crippen LogP contribution in [0.2, 0.25) is 0 Å². The minimum Gasteiger partial charge on any atom is -0.441 e. The van der Waals surface area contributed by atoms with Gasteiger partial charge in [0.2, 0.25) is 0 Å². The maximum atomic E-state index is 5.36. The molecule has 58 valence electrons. The van der Waals surface area contributed by atoms with Gasteiger partial charge in [-0.25, -0.2) is 4.98 Å². The Balaban J connectivity index is 2.72. The van der Waals surface area contributed by atoms with Gasteiger partial charge in [0, 0.05) is 6.92 Å². The first kappa shape index (κ1) is 6.65. The van der Waals surface area contributed by atoms with Gasteiger partial charge in [-0.1, -0.05) is 13.0 Å². The number of aromatic nitrogens is 1. The molecule has 2 heteroatoms. The van der Waals surface area contributed by atoms with Crippen molar-refractivity contribution < 1.29 is 4.42 Å². The van der Waals surface area contributed by atoms with Crippen molar-refractivity contribution in [3.05, 3.63) is 16.7 Å². The minimum absolute atomic E-state index is 0.604. The molecule has 0 saturated carbocycles. The van der Waals surface area contributed by atoms with Crippen LogP contribution in [-0.2, 0) is 0 Å². The Hall–Kier alpha value is -1.05. The van der Waals surface area contributed by atoms with Gasteiger partial charge in [0.05, 0.1) is 0 Å². The van der Waals surface area contributed by atoms with Crippen LogP contribution in [0.4, 0.5) is 0 Å². The van der Waals surface area contributed by atoms with Crippen molar-refractivity contribution in [3.63, 3.8) is 0 Å². The summed E-state index contributed by atoms with van der Waals surface area (Å²) in [5.41, 5.74) is 0.945. The molecule has 0 saturated heterocycles. The Morgan fingerprint density at radius 2 is 2.45 bits per heavy atom. The zero-order chi connectivity index (χ0) is 7.84. The van der Waals surface area contributed by atoms with Gasteiger partial charge in [0.15, 0.2) is 11.3 Å². The van der Waals surface area contributed by atoms with Gasteiger partial charge >= 0.3 is 0 Å². The summed E-state index contributed by atoms with van der Waals surface area (Å²) < 4.78 is 5.36. The van der Waals surface area contributed by atoms with E-state index in [1.807, 2.05) is 6.92 Å². The molecule has 1 atom stereocenters. The fourth-order valence-corrected chi connectivity index (χ4v) is 1.36. The molecule has 1 aromatic rings. The van der Waals surface area contributed by atoms with E-state index in [2.05, 4.69) is 24.1 Å². The monoisotopic (exact) mass is 149 g/mol. The Bertz CT molecular complexity index is 375. The molecule has 2 rings (SSSR count). The molecule has 1 aliphatic carbocycles. The lowest BCUT2D eigenvalue weighted by atomic mass is 10.0. The lowest BCUT2D eigenvalue weighted by Crippen LogP contribution is -2.26. The second-order valence-electron chi connectivity index (χ2n) is 3.07. The molecule has 0 bridgehead atoms. The fourth-order valence-electron chi connectivity index (χ4n) is 1.36. The first-order valence-corrected chi connectivity index (χ1v) is 3.91. The molecule has 0 aliphatic heterocycles. The molecule has 1 aliphatic rings. The molecular weight excluding hydrogens is 138 g/mol. The van der Waals surface area contributed by atoms with Crippen molar-refractivity contribution in [1.82, 2.24) is 4.98 Å². The van der Waals surface area contributed by atoms with Crippen LogP contribution in [0.3, 0.4) is 0 Å². The number of nitrogens with zero attached hydrogens (tertiary/aromatic N) is 1. The van der Waals surface area contributed by atoms with Crippen molar-refractivity contribution in [2.45, 2.75) is 20.3 Å². The van der Waals surface area contributed by atoms with E-state index in [1.165, 1.54) is 0 Å². The van der Waals surface area contributed by atoms with Gasteiger partial charge in [-0.3, -0.25) is 0 Å².